The van der Waals surface area contributed by atoms with Crippen LogP contribution in [0.2, 0.25) is 0 Å². The Kier molecular flexibility index (Phi) is 4.37. The molecule has 0 aromatic heterocycles. The molecule has 1 aliphatic heterocycles. The van der Waals surface area contributed by atoms with Gasteiger partial charge in [0.2, 0.25) is 5.91 Å². The number of carbonyl (C=O) groups is 2. The average molecular weight is 333 g/mol. The molecule has 0 radical (unpaired) electrons. The number of hydrogen-bond donors (Lipinski definition) is 1. The first-order valence-electron chi connectivity index (χ1n) is 8.66. The molecule has 1 aromatic carbocycles. The van der Waals surface area contributed by atoms with Crippen molar-refractivity contribution >= 4 is 11.9 Å². The molecule has 1 heterocycles. The lowest BCUT2D eigenvalue weighted by molar-refractivity contribution is -0.148. The molecule has 130 valence electrons. The Bertz CT molecular complexity index is 637. The Morgan fingerprint density at radius 3 is 2.25 bits per heavy atom. The Morgan fingerprint density at radius 1 is 1.08 bits per heavy atom. The molecule has 1 aliphatic carbocycles. The van der Waals surface area contributed by atoms with Crippen molar-refractivity contribution in [1.29, 1.82) is 0 Å². The molecule has 1 atom stereocenters. The van der Waals surface area contributed by atoms with E-state index in [-0.39, 0.29) is 18.3 Å². The van der Waals surface area contributed by atoms with Crippen LogP contribution in [-0.2, 0) is 15.0 Å². The fourth-order valence-electron chi connectivity index (χ4n) is 4.16. The minimum atomic E-state index is -0.867. The fraction of sp³-hybridized carbons (Fsp3) is 0.579. The van der Waals surface area contributed by atoms with Crippen molar-refractivity contribution in [1.82, 2.24) is 4.90 Å². The minimum Gasteiger partial charge on any atom is -0.481 e. The Balaban J connectivity index is 1.91. The van der Waals surface area contributed by atoms with Crippen LogP contribution < -0.4 is 0 Å². The first kappa shape index (κ1) is 16.9. The molecule has 1 unspecified atom stereocenters. The molecular weight excluding hydrogens is 309 g/mol. The molecule has 1 saturated heterocycles. The highest BCUT2D eigenvalue weighted by Gasteiger charge is 2.49. The standard InChI is InChI=1S/C19H24FNO3/c1-18(17(23)24)11-12-21(13-18)16(22)19(9-3-2-4-10-19)14-5-7-15(20)8-6-14/h5-8H,2-4,9-13H2,1H3,(H,23,24). The van der Waals surface area contributed by atoms with Crippen LogP contribution in [0.5, 0.6) is 0 Å². The number of nitrogens with zero attached hydrogens (tertiary/aromatic N) is 1. The van der Waals surface area contributed by atoms with Crippen LogP contribution in [0, 0.1) is 11.2 Å². The molecule has 1 amide bonds. The van der Waals surface area contributed by atoms with Crippen molar-refractivity contribution in [3.8, 4) is 0 Å². The van der Waals surface area contributed by atoms with E-state index in [1.54, 1.807) is 24.0 Å². The first-order valence-corrected chi connectivity index (χ1v) is 8.66. The van der Waals surface area contributed by atoms with Crippen molar-refractivity contribution in [3.63, 3.8) is 0 Å². The number of hydrogen-bond acceptors (Lipinski definition) is 2. The Hall–Kier alpha value is -1.91. The number of halogens is 1. The SMILES string of the molecule is CC1(C(=O)O)CCN(C(=O)C2(c3ccc(F)cc3)CCCCC2)C1. The average Bonchev–Trinajstić information content (AvgIpc) is 2.99. The third-order valence-electron chi connectivity index (χ3n) is 5.79. The third-order valence-corrected chi connectivity index (χ3v) is 5.79. The number of likely N-dealkylation sites (tertiary alicyclic amines) is 1. The molecule has 5 heteroatoms. The molecule has 24 heavy (non-hydrogen) atoms. The maximum absolute atomic E-state index is 13.4. The summed E-state index contributed by atoms with van der Waals surface area (Å²) in [6, 6.07) is 6.24. The second-order valence-electron chi connectivity index (χ2n) is 7.49. The van der Waals surface area contributed by atoms with Crippen LogP contribution in [0.1, 0.15) is 51.0 Å². The molecule has 0 spiro atoms. The summed E-state index contributed by atoms with van der Waals surface area (Å²) in [5.41, 5.74) is -0.637. The van der Waals surface area contributed by atoms with Gasteiger partial charge in [-0.2, -0.15) is 0 Å². The van der Waals surface area contributed by atoms with Crippen molar-refractivity contribution in [3.05, 3.63) is 35.6 Å². The number of aliphatic carboxylic acids is 1. The van der Waals surface area contributed by atoms with E-state index >= 15 is 0 Å². The minimum absolute atomic E-state index is 0.0128. The summed E-state index contributed by atoms with van der Waals surface area (Å²) in [6.45, 7) is 2.43. The van der Waals surface area contributed by atoms with E-state index in [4.69, 9.17) is 0 Å². The number of rotatable bonds is 3. The van der Waals surface area contributed by atoms with Gasteiger partial charge in [0.1, 0.15) is 5.82 Å². The summed E-state index contributed by atoms with van der Waals surface area (Å²) in [7, 11) is 0. The lowest BCUT2D eigenvalue weighted by Gasteiger charge is -2.39. The van der Waals surface area contributed by atoms with Crippen LogP contribution >= 0.6 is 0 Å². The zero-order valence-corrected chi connectivity index (χ0v) is 14.1. The van der Waals surface area contributed by atoms with Gasteiger partial charge in [-0.25, -0.2) is 4.39 Å². The maximum Gasteiger partial charge on any atom is 0.311 e. The molecule has 2 fully saturated rings. The monoisotopic (exact) mass is 333 g/mol. The van der Waals surface area contributed by atoms with E-state index in [1.807, 2.05) is 0 Å². The van der Waals surface area contributed by atoms with Crippen molar-refractivity contribution in [2.24, 2.45) is 5.41 Å². The highest BCUT2D eigenvalue weighted by Crippen LogP contribution is 2.43. The van der Waals surface area contributed by atoms with Crippen molar-refractivity contribution in [2.75, 3.05) is 13.1 Å². The van der Waals surface area contributed by atoms with Gasteiger partial charge in [0.25, 0.3) is 0 Å². The lowest BCUT2D eigenvalue weighted by Crippen LogP contribution is -2.48. The molecule has 1 aromatic rings. The Labute approximate surface area is 141 Å². The number of carbonyl (C=O) groups excluding carboxylic acids is 1. The molecule has 2 aliphatic rings. The third kappa shape index (κ3) is 2.80. The van der Waals surface area contributed by atoms with Crippen molar-refractivity contribution in [2.45, 2.75) is 50.9 Å². The van der Waals surface area contributed by atoms with Gasteiger partial charge in [-0.05, 0) is 43.9 Å². The number of carboxylic acid groups (broad SMARTS) is 1. The molecule has 0 bridgehead atoms. The smallest absolute Gasteiger partial charge is 0.311 e. The Morgan fingerprint density at radius 2 is 1.71 bits per heavy atom. The molecule has 3 rings (SSSR count). The van der Waals surface area contributed by atoms with E-state index in [2.05, 4.69) is 0 Å². The molecule has 1 N–H and O–H groups in total. The van der Waals surface area contributed by atoms with E-state index in [0.29, 0.717) is 13.0 Å². The van der Waals surface area contributed by atoms with E-state index < -0.39 is 16.8 Å². The van der Waals surface area contributed by atoms with Crippen LogP contribution in [-0.4, -0.2) is 35.0 Å². The molecular formula is C19H24FNO3. The number of amides is 1. The number of carboxylic acids is 1. The topological polar surface area (TPSA) is 57.6 Å². The maximum atomic E-state index is 13.4. The van der Waals surface area contributed by atoms with Gasteiger partial charge < -0.3 is 10.0 Å². The van der Waals surface area contributed by atoms with Gasteiger partial charge in [-0.3, -0.25) is 9.59 Å². The summed E-state index contributed by atoms with van der Waals surface area (Å²) >= 11 is 0. The van der Waals surface area contributed by atoms with Crippen LogP contribution in [0.15, 0.2) is 24.3 Å². The summed E-state index contributed by atoms with van der Waals surface area (Å²) < 4.78 is 13.3. The normalized spacial score (nSPS) is 26.3. The van der Waals surface area contributed by atoms with E-state index in [0.717, 1.165) is 37.7 Å². The van der Waals surface area contributed by atoms with Crippen LogP contribution in [0.3, 0.4) is 0 Å². The number of benzene rings is 1. The first-order chi connectivity index (χ1) is 11.4. The summed E-state index contributed by atoms with van der Waals surface area (Å²) in [5, 5.41) is 9.41. The highest BCUT2D eigenvalue weighted by molar-refractivity contribution is 5.89. The van der Waals surface area contributed by atoms with Gasteiger partial charge in [-0.1, -0.05) is 31.4 Å². The fourth-order valence-corrected chi connectivity index (χ4v) is 4.16. The van der Waals surface area contributed by atoms with Crippen LogP contribution in [0.4, 0.5) is 4.39 Å². The van der Waals surface area contributed by atoms with Gasteiger partial charge in [0.15, 0.2) is 0 Å². The molecule has 4 nitrogen and oxygen atoms in total. The quantitative estimate of drug-likeness (QED) is 0.923. The van der Waals surface area contributed by atoms with Crippen molar-refractivity contribution < 1.29 is 19.1 Å². The summed E-state index contributed by atoms with van der Waals surface area (Å²) in [4.78, 5) is 26.5. The zero-order chi connectivity index (χ0) is 17.4. The van der Waals surface area contributed by atoms with Gasteiger partial charge in [-0.15, -0.1) is 0 Å². The lowest BCUT2D eigenvalue weighted by atomic mass is 9.68. The van der Waals surface area contributed by atoms with Gasteiger partial charge in [0, 0.05) is 13.1 Å². The van der Waals surface area contributed by atoms with Gasteiger partial charge >= 0.3 is 5.97 Å². The second-order valence-corrected chi connectivity index (χ2v) is 7.49. The summed E-state index contributed by atoms with van der Waals surface area (Å²) in [5.74, 6) is -1.15. The largest absolute Gasteiger partial charge is 0.481 e. The zero-order valence-electron chi connectivity index (χ0n) is 14.1. The van der Waals surface area contributed by atoms with Gasteiger partial charge in [0.05, 0.1) is 10.8 Å². The predicted molar refractivity (Wildman–Crippen MR) is 88.1 cm³/mol. The van der Waals surface area contributed by atoms with E-state index in [1.165, 1.54) is 12.1 Å². The molecule has 1 saturated carbocycles. The second kappa shape index (κ2) is 6.19. The van der Waals surface area contributed by atoms with E-state index in [9.17, 15) is 19.1 Å². The highest BCUT2D eigenvalue weighted by atomic mass is 19.1. The summed E-state index contributed by atoms with van der Waals surface area (Å²) in [6.07, 6.45) is 5.01. The van der Waals surface area contributed by atoms with Crippen LogP contribution in [0.25, 0.3) is 0 Å². The predicted octanol–water partition coefficient (Wildman–Crippen LogP) is 3.35.